The molecule has 0 aromatic heterocycles. The van der Waals surface area contributed by atoms with Crippen molar-refractivity contribution < 1.29 is 14.3 Å². The van der Waals surface area contributed by atoms with Crippen LogP contribution >= 0.6 is 0 Å². The second-order valence-electron chi connectivity index (χ2n) is 8.21. The summed E-state index contributed by atoms with van der Waals surface area (Å²) in [5, 5.41) is 0. The first-order valence-electron chi connectivity index (χ1n) is 9.95. The SMILES string of the molecule is CC(C)(C(=O)N1C[C@@H](CN)[C@H](c2ccccc2)C1)c1ccc2c(c1)OCCO2. The van der Waals surface area contributed by atoms with Crippen molar-refractivity contribution in [2.45, 2.75) is 25.2 Å². The fraction of sp³-hybridized carbons (Fsp3) is 0.435. The summed E-state index contributed by atoms with van der Waals surface area (Å²) in [5.74, 6) is 2.15. The number of hydrogen-bond donors (Lipinski definition) is 1. The molecule has 0 bridgehead atoms. The molecule has 0 aliphatic carbocycles. The average molecular weight is 380 g/mol. The molecule has 1 amide bonds. The molecule has 2 atom stereocenters. The van der Waals surface area contributed by atoms with Crippen LogP contribution in [-0.2, 0) is 10.2 Å². The third kappa shape index (κ3) is 3.35. The van der Waals surface area contributed by atoms with Gasteiger partial charge in [0.15, 0.2) is 11.5 Å². The number of amides is 1. The minimum Gasteiger partial charge on any atom is -0.486 e. The molecule has 2 N–H and O–H groups in total. The number of ether oxygens (including phenoxy) is 2. The van der Waals surface area contributed by atoms with Crippen LogP contribution in [-0.4, -0.2) is 43.7 Å². The van der Waals surface area contributed by atoms with Gasteiger partial charge in [-0.25, -0.2) is 0 Å². The van der Waals surface area contributed by atoms with Gasteiger partial charge in [0.25, 0.3) is 0 Å². The van der Waals surface area contributed by atoms with Crippen molar-refractivity contribution in [3.8, 4) is 11.5 Å². The van der Waals surface area contributed by atoms with E-state index in [1.54, 1.807) is 0 Å². The summed E-state index contributed by atoms with van der Waals surface area (Å²) in [7, 11) is 0. The van der Waals surface area contributed by atoms with Crippen LogP contribution < -0.4 is 15.2 Å². The van der Waals surface area contributed by atoms with E-state index in [2.05, 4.69) is 12.1 Å². The zero-order valence-corrected chi connectivity index (χ0v) is 16.6. The molecule has 1 saturated heterocycles. The molecule has 2 heterocycles. The van der Waals surface area contributed by atoms with Gasteiger partial charge in [0.2, 0.25) is 5.91 Å². The van der Waals surface area contributed by atoms with E-state index in [4.69, 9.17) is 15.2 Å². The number of carbonyl (C=O) groups is 1. The Morgan fingerprint density at radius 1 is 1.07 bits per heavy atom. The van der Waals surface area contributed by atoms with Crippen molar-refractivity contribution in [2.24, 2.45) is 11.7 Å². The summed E-state index contributed by atoms with van der Waals surface area (Å²) in [6.07, 6.45) is 0. The van der Waals surface area contributed by atoms with Crippen LogP contribution in [0.5, 0.6) is 11.5 Å². The van der Waals surface area contributed by atoms with E-state index in [0.29, 0.717) is 38.6 Å². The summed E-state index contributed by atoms with van der Waals surface area (Å²) in [6.45, 7) is 7.04. The molecule has 2 aromatic carbocycles. The van der Waals surface area contributed by atoms with Crippen LogP contribution in [0.25, 0.3) is 0 Å². The summed E-state index contributed by atoms with van der Waals surface area (Å²) in [4.78, 5) is 15.5. The minimum absolute atomic E-state index is 0.126. The van der Waals surface area contributed by atoms with Crippen molar-refractivity contribution in [3.63, 3.8) is 0 Å². The number of hydrogen-bond acceptors (Lipinski definition) is 4. The molecule has 0 radical (unpaired) electrons. The van der Waals surface area contributed by atoms with Gasteiger partial charge in [-0.15, -0.1) is 0 Å². The predicted molar refractivity (Wildman–Crippen MR) is 109 cm³/mol. The minimum atomic E-state index is -0.652. The Bertz CT molecular complexity index is 850. The molecule has 0 spiro atoms. The normalized spacial score (nSPS) is 21.6. The van der Waals surface area contributed by atoms with Gasteiger partial charge >= 0.3 is 0 Å². The van der Waals surface area contributed by atoms with E-state index < -0.39 is 5.41 Å². The van der Waals surface area contributed by atoms with Crippen LogP contribution in [0.2, 0.25) is 0 Å². The fourth-order valence-corrected chi connectivity index (χ4v) is 4.30. The maximum atomic E-state index is 13.5. The molecule has 5 heteroatoms. The van der Waals surface area contributed by atoms with E-state index in [1.807, 2.05) is 55.1 Å². The molecular formula is C23H28N2O3. The molecule has 4 rings (SSSR count). The van der Waals surface area contributed by atoms with E-state index in [9.17, 15) is 4.79 Å². The monoisotopic (exact) mass is 380 g/mol. The van der Waals surface area contributed by atoms with Crippen molar-refractivity contribution >= 4 is 5.91 Å². The van der Waals surface area contributed by atoms with Gasteiger partial charge in [0, 0.05) is 19.0 Å². The quantitative estimate of drug-likeness (QED) is 0.886. The Labute approximate surface area is 166 Å². The molecule has 0 saturated carbocycles. The lowest BCUT2D eigenvalue weighted by Crippen LogP contribution is -2.42. The van der Waals surface area contributed by atoms with Crippen molar-refractivity contribution in [2.75, 3.05) is 32.8 Å². The number of carbonyl (C=O) groups excluding carboxylic acids is 1. The maximum absolute atomic E-state index is 13.5. The lowest BCUT2D eigenvalue weighted by molar-refractivity contribution is -0.135. The summed E-state index contributed by atoms with van der Waals surface area (Å²) in [6, 6.07) is 16.2. The molecule has 0 unspecified atom stereocenters. The lowest BCUT2D eigenvalue weighted by Gasteiger charge is -2.31. The van der Waals surface area contributed by atoms with Crippen molar-refractivity contribution in [1.82, 2.24) is 4.90 Å². The first-order valence-corrected chi connectivity index (χ1v) is 9.95. The Hall–Kier alpha value is -2.53. The first-order chi connectivity index (χ1) is 13.5. The average Bonchev–Trinajstić information content (AvgIpc) is 3.17. The van der Waals surface area contributed by atoms with Crippen LogP contribution in [0.15, 0.2) is 48.5 Å². The zero-order valence-electron chi connectivity index (χ0n) is 16.6. The summed E-state index contributed by atoms with van der Waals surface area (Å²) >= 11 is 0. The Balaban J connectivity index is 1.56. The van der Waals surface area contributed by atoms with Gasteiger partial charge < -0.3 is 20.1 Å². The highest BCUT2D eigenvalue weighted by Crippen LogP contribution is 2.38. The van der Waals surface area contributed by atoms with Gasteiger partial charge in [0.05, 0.1) is 5.41 Å². The van der Waals surface area contributed by atoms with E-state index in [0.717, 1.165) is 11.3 Å². The number of likely N-dealkylation sites (tertiary alicyclic amines) is 1. The topological polar surface area (TPSA) is 64.8 Å². The Kier molecular flexibility index (Phi) is 5.02. The highest BCUT2D eigenvalue weighted by Gasteiger charge is 2.41. The van der Waals surface area contributed by atoms with Crippen LogP contribution in [0.4, 0.5) is 0 Å². The van der Waals surface area contributed by atoms with Crippen molar-refractivity contribution in [1.29, 1.82) is 0 Å². The number of benzene rings is 2. The van der Waals surface area contributed by atoms with Crippen LogP contribution in [0.3, 0.4) is 0 Å². The third-order valence-corrected chi connectivity index (χ3v) is 6.06. The lowest BCUT2D eigenvalue weighted by atomic mass is 9.83. The Morgan fingerprint density at radius 3 is 2.50 bits per heavy atom. The summed E-state index contributed by atoms with van der Waals surface area (Å²) < 4.78 is 11.3. The van der Waals surface area contributed by atoms with E-state index in [1.165, 1.54) is 5.56 Å². The number of fused-ring (bicyclic) bond motifs is 1. The Morgan fingerprint density at radius 2 is 1.79 bits per heavy atom. The van der Waals surface area contributed by atoms with Gasteiger partial charge in [-0.1, -0.05) is 36.4 Å². The van der Waals surface area contributed by atoms with Crippen LogP contribution in [0, 0.1) is 5.92 Å². The molecule has 1 fully saturated rings. The second kappa shape index (κ2) is 7.47. The first kappa shape index (κ1) is 18.8. The molecule has 2 aliphatic rings. The smallest absolute Gasteiger partial charge is 0.232 e. The predicted octanol–water partition coefficient (Wildman–Crippen LogP) is 2.94. The maximum Gasteiger partial charge on any atom is 0.232 e. The van der Waals surface area contributed by atoms with E-state index in [-0.39, 0.29) is 17.7 Å². The summed E-state index contributed by atoms with van der Waals surface area (Å²) in [5.41, 5.74) is 7.59. The van der Waals surface area contributed by atoms with Gasteiger partial charge in [-0.05, 0) is 49.6 Å². The highest BCUT2D eigenvalue weighted by atomic mass is 16.6. The largest absolute Gasteiger partial charge is 0.486 e. The molecule has 2 aliphatic heterocycles. The zero-order chi connectivity index (χ0) is 19.7. The molecule has 28 heavy (non-hydrogen) atoms. The standard InChI is InChI=1S/C23H28N2O3/c1-23(2,18-8-9-20-21(12-18)28-11-10-27-20)22(26)25-14-17(13-24)19(15-25)16-6-4-3-5-7-16/h3-9,12,17,19H,10-11,13-15,24H2,1-2H3/t17-,19+/m1/s1. The highest BCUT2D eigenvalue weighted by molar-refractivity contribution is 5.88. The van der Waals surface area contributed by atoms with Gasteiger partial charge in [-0.3, -0.25) is 4.79 Å². The van der Waals surface area contributed by atoms with Crippen LogP contribution in [0.1, 0.15) is 30.9 Å². The number of nitrogens with two attached hydrogens (primary N) is 1. The number of nitrogens with zero attached hydrogens (tertiary/aromatic N) is 1. The fourth-order valence-electron chi connectivity index (χ4n) is 4.30. The molecule has 2 aromatic rings. The van der Waals surface area contributed by atoms with Gasteiger partial charge in [-0.2, -0.15) is 0 Å². The molecular weight excluding hydrogens is 352 g/mol. The van der Waals surface area contributed by atoms with Crippen molar-refractivity contribution in [3.05, 3.63) is 59.7 Å². The third-order valence-electron chi connectivity index (χ3n) is 6.06. The number of rotatable bonds is 4. The second-order valence-corrected chi connectivity index (χ2v) is 8.21. The molecule has 5 nitrogen and oxygen atoms in total. The van der Waals surface area contributed by atoms with E-state index >= 15 is 0 Å². The molecule has 148 valence electrons. The van der Waals surface area contributed by atoms with Gasteiger partial charge in [0.1, 0.15) is 13.2 Å².